The van der Waals surface area contributed by atoms with Gasteiger partial charge in [-0.25, -0.2) is 17.8 Å². The molecule has 0 radical (unpaired) electrons. The second-order valence-electron chi connectivity index (χ2n) is 7.91. The molecule has 9 heteroatoms. The van der Waals surface area contributed by atoms with Gasteiger partial charge in [-0.3, -0.25) is 4.79 Å². The minimum absolute atomic E-state index is 0.0488. The zero-order valence-corrected chi connectivity index (χ0v) is 18.4. The Morgan fingerprint density at radius 1 is 1.30 bits per heavy atom. The lowest BCUT2D eigenvalue weighted by Gasteiger charge is -2.25. The maximum absolute atomic E-state index is 13.2. The molecule has 0 aliphatic heterocycles. The summed E-state index contributed by atoms with van der Waals surface area (Å²) in [6, 6.07) is 5.57. The van der Waals surface area contributed by atoms with Crippen LogP contribution in [0.15, 0.2) is 35.6 Å². The molecule has 0 N–H and O–H groups in total. The van der Waals surface area contributed by atoms with Gasteiger partial charge >= 0.3 is 0 Å². The molecule has 0 unspecified atom stereocenters. The fourth-order valence-corrected chi connectivity index (χ4v) is 4.85. The van der Waals surface area contributed by atoms with Crippen molar-refractivity contribution in [1.82, 2.24) is 14.5 Å². The molecule has 3 rings (SSSR count). The van der Waals surface area contributed by atoms with Crippen molar-refractivity contribution in [3.8, 4) is 0 Å². The maximum atomic E-state index is 13.2. The summed E-state index contributed by atoms with van der Waals surface area (Å²) in [6.45, 7) is 4.64. The zero-order chi connectivity index (χ0) is 21.9. The Labute approximate surface area is 176 Å². The number of hydrogen-bond acceptors (Lipinski definition) is 5. The standard InChI is InChI=1S/C21H28FN3O4S/c1-15(2)20(26)25(18-8-9-18)13-19-12-23-21(24(19)10-11-29-3)30(27,28)14-16-4-6-17(22)7-5-16/h4-7,12,15,18H,8-11,13-14H2,1-3H3. The van der Waals surface area contributed by atoms with Gasteiger partial charge in [-0.1, -0.05) is 26.0 Å². The minimum Gasteiger partial charge on any atom is -0.383 e. The minimum atomic E-state index is -3.77. The number of hydrogen-bond donors (Lipinski definition) is 0. The number of benzene rings is 1. The van der Waals surface area contributed by atoms with Gasteiger partial charge in [-0.05, 0) is 30.5 Å². The van der Waals surface area contributed by atoms with Gasteiger partial charge in [0, 0.05) is 25.6 Å². The van der Waals surface area contributed by atoms with Crippen molar-refractivity contribution in [2.75, 3.05) is 13.7 Å². The number of imidazole rings is 1. The highest BCUT2D eigenvalue weighted by Crippen LogP contribution is 2.30. The monoisotopic (exact) mass is 437 g/mol. The third-order valence-corrected chi connectivity index (χ3v) is 6.66. The van der Waals surface area contributed by atoms with E-state index in [4.69, 9.17) is 4.74 Å². The van der Waals surface area contributed by atoms with Crippen LogP contribution in [0.4, 0.5) is 4.39 Å². The number of ether oxygens (including phenoxy) is 1. The largest absolute Gasteiger partial charge is 0.383 e. The molecule has 1 aliphatic carbocycles. The molecule has 1 saturated carbocycles. The Morgan fingerprint density at radius 2 is 1.97 bits per heavy atom. The van der Waals surface area contributed by atoms with Crippen LogP contribution in [0.2, 0.25) is 0 Å². The summed E-state index contributed by atoms with van der Waals surface area (Å²) in [5.74, 6) is -0.793. The van der Waals surface area contributed by atoms with Crippen molar-refractivity contribution in [3.63, 3.8) is 0 Å². The molecule has 1 fully saturated rings. The molecule has 164 valence electrons. The van der Waals surface area contributed by atoms with Crippen LogP contribution in [-0.2, 0) is 38.2 Å². The summed E-state index contributed by atoms with van der Waals surface area (Å²) in [6.07, 6.45) is 3.44. The van der Waals surface area contributed by atoms with Gasteiger partial charge in [0.25, 0.3) is 0 Å². The van der Waals surface area contributed by atoms with Crippen molar-refractivity contribution in [2.45, 2.75) is 56.7 Å². The SMILES string of the molecule is COCCn1c(CN(C(=O)C(C)C)C2CC2)cnc1S(=O)(=O)Cc1ccc(F)cc1. The number of carbonyl (C=O) groups is 1. The van der Waals surface area contributed by atoms with E-state index in [1.165, 1.54) is 30.5 Å². The molecule has 1 heterocycles. The number of nitrogens with zero attached hydrogens (tertiary/aromatic N) is 3. The van der Waals surface area contributed by atoms with E-state index in [1.807, 2.05) is 18.7 Å². The van der Waals surface area contributed by atoms with Crippen molar-refractivity contribution in [3.05, 3.63) is 47.5 Å². The summed E-state index contributed by atoms with van der Waals surface area (Å²) in [4.78, 5) is 18.7. The Balaban J connectivity index is 1.90. The third-order valence-electron chi connectivity index (χ3n) is 5.07. The van der Waals surface area contributed by atoms with Crippen LogP contribution in [0.3, 0.4) is 0 Å². The van der Waals surface area contributed by atoms with Crippen LogP contribution >= 0.6 is 0 Å². The van der Waals surface area contributed by atoms with Crippen LogP contribution in [0, 0.1) is 11.7 Å². The van der Waals surface area contributed by atoms with E-state index in [-0.39, 0.29) is 28.8 Å². The smallest absolute Gasteiger partial charge is 0.228 e. The molecule has 0 spiro atoms. The van der Waals surface area contributed by atoms with Gasteiger partial charge in [0.2, 0.25) is 20.9 Å². The Bertz CT molecular complexity index is 982. The normalized spacial score (nSPS) is 14.3. The molecular formula is C21H28FN3O4S. The molecule has 0 bridgehead atoms. The van der Waals surface area contributed by atoms with E-state index >= 15 is 0 Å². The van der Waals surface area contributed by atoms with Crippen LogP contribution in [0.25, 0.3) is 0 Å². The second kappa shape index (κ2) is 9.26. The first-order valence-corrected chi connectivity index (χ1v) is 11.7. The van der Waals surface area contributed by atoms with Gasteiger partial charge in [-0.15, -0.1) is 0 Å². The number of amides is 1. The molecule has 0 atom stereocenters. The van der Waals surface area contributed by atoms with Gasteiger partial charge < -0.3 is 14.2 Å². The molecule has 1 aliphatic rings. The van der Waals surface area contributed by atoms with Crippen molar-refractivity contribution in [2.24, 2.45) is 5.92 Å². The average molecular weight is 438 g/mol. The van der Waals surface area contributed by atoms with Gasteiger partial charge in [0.05, 0.1) is 30.8 Å². The number of sulfone groups is 1. The van der Waals surface area contributed by atoms with Crippen molar-refractivity contribution < 1.29 is 22.3 Å². The number of halogens is 1. The molecule has 7 nitrogen and oxygen atoms in total. The van der Waals surface area contributed by atoms with E-state index < -0.39 is 15.7 Å². The fraction of sp³-hybridized carbons (Fsp3) is 0.524. The molecule has 0 saturated heterocycles. The zero-order valence-electron chi connectivity index (χ0n) is 17.5. The lowest BCUT2D eigenvalue weighted by molar-refractivity contribution is -0.135. The summed E-state index contributed by atoms with van der Waals surface area (Å²) in [7, 11) is -2.23. The first-order chi connectivity index (χ1) is 14.2. The van der Waals surface area contributed by atoms with Crippen molar-refractivity contribution >= 4 is 15.7 Å². The summed E-state index contributed by atoms with van der Waals surface area (Å²) in [5, 5.41) is -0.0633. The van der Waals surface area contributed by atoms with E-state index in [2.05, 4.69) is 4.98 Å². The first-order valence-electron chi connectivity index (χ1n) is 10.0. The quantitative estimate of drug-likeness (QED) is 0.571. The molecule has 30 heavy (non-hydrogen) atoms. The Morgan fingerprint density at radius 3 is 2.53 bits per heavy atom. The second-order valence-corrected chi connectivity index (χ2v) is 9.80. The highest BCUT2D eigenvalue weighted by atomic mass is 32.2. The van der Waals surface area contributed by atoms with Crippen LogP contribution in [0.1, 0.15) is 37.9 Å². The van der Waals surface area contributed by atoms with Gasteiger partial charge in [0.1, 0.15) is 5.82 Å². The summed E-state index contributed by atoms with van der Waals surface area (Å²) >= 11 is 0. The molecule has 1 amide bonds. The average Bonchev–Trinajstić information content (AvgIpc) is 3.45. The maximum Gasteiger partial charge on any atom is 0.228 e. The first kappa shape index (κ1) is 22.4. The van der Waals surface area contributed by atoms with Gasteiger partial charge in [-0.2, -0.15) is 0 Å². The molecule has 2 aromatic rings. The van der Waals surface area contributed by atoms with Crippen LogP contribution < -0.4 is 0 Å². The van der Waals surface area contributed by atoms with Crippen molar-refractivity contribution in [1.29, 1.82) is 0 Å². The number of aromatic nitrogens is 2. The number of methoxy groups -OCH3 is 1. The predicted molar refractivity (Wildman–Crippen MR) is 110 cm³/mol. The van der Waals surface area contributed by atoms with Crippen LogP contribution in [-0.4, -0.2) is 48.5 Å². The third kappa shape index (κ3) is 5.26. The molecule has 1 aromatic heterocycles. The predicted octanol–water partition coefficient (Wildman–Crippen LogP) is 2.79. The van der Waals surface area contributed by atoms with Gasteiger partial charge in [0.15, 0.2) is 0 Å². The lowest BCUT2D eigenvalue weighted by atomic mass is 10.2. The topological polar surface area (TPSA) is 81.5 Å². The Hall–Kier alpha value is -2.26. The number of carbonyl (C=O) groups excluding carboxylic acids is 1. The van der Waals surface area contributed by atoms with E-state index in [1.54, 1.807) is 11.7 Å². The lowest BCUT2D eigenvalue weighted by Crippen LogP contribution is -2.36. The highest BCUT2D eigenvalue weighted by molar-refractivity contribution is 7.90. The van der Waals surface area contributed by atoms with E-state index in [0.29, 0.717) is 31.0 Å². The number of rotatable bonds is 10. The van der Waals surface area contributed by atoms with E-state index in [0.717, 1.165) is 12.8 Å². The molecule has 1 aromatic carbocycles. The highest BCUT2D eigenvalue weighted by Gasteiger charge is 2.35. The summed E-state index contributed by atoms with van der Waals surface area (Å²) < 4.78 is 46.0. The molecular weight excluding hydrogens is 409 g/mol. The van der Waals surface area contributed by atoms with E-state index in [9.17, 15) is 17.6 Å². The summed E-state index contributed by atoms with van der Waals surface area (Å²) in [5.41, 5.74) is 1.14. The fourth-order valence-electron chi connectivity index (χ4n) is 3.33. The Kier molecular flexibility index (Phi) is 6.92. The van der Waals surface area contributed by atoms with Crippen LogP contribution in [0.5, 0.6) is 0 Å².